The van der Waals surface area contributed by atoms with E-state index >= 15 is 0 Å². The van der Waals surface area contributed by atoms with Gasteiger partial charge in [-0.2, -0.15) is 18.3 Å². The van der Waals surface area contributed by atoms with Crippen LogP contribution in [0.3, 0.4) is 0 Å². The van der Waals surface area contributed by atoms with Crippen LogP contribution < -0.4 is 25.1 Å². The first-order valence-electron chi connectivity index (χ1n) is 9.58. The zero-order chi connectivity index (χ0) is 25.0. The van der Waals surface area contributed by atoms with E-state index in [-0.39, 0.29) is 40.0 Å². The predicted octanol–water partition coefficient (Wildman–Crippen LogP) is 4.43. The maximum atomic E-state index is 12.9. The van der Waals surface area contributed by atoms with E-state index in [1.165, 1.54) is 57.3 Å². The fraction of sp³-hybridized carbons (Fsp3) is 0.238. The monoisotopic (exact) mass is 479 g/mol. The summed E-state index contributed by atoms with van der Waals surface area (Å²) in [6.45, 7) is 0. The second kappa shape index (κ2) is 9.68. The molecule has 0 fully saturated rings. The molecule has 0 spiro atoms. The van der Waals surface area contributed by atoms with Crippen molar-refractivity contribution in [3.63, 3.8) is 0 Å². The summed E-state index contributed by atoms with van der Waals surface area (Å²) < 4.78 is 55.6. The smallest absolute Gasteiger partial charge is 0.416 e. The summed E-state index contributed by atoms with van der Waals surface area (Å²) in [5.41, 5.74) is -1.94. The molecule has 180 valence electrons. The zero-order valence-electron chi connectivity index (χ0n) is 18.5. The molecule has 0 aliphatic heterocycles. The number of benzene rings is 2. The Morgan fingerprint density at radius 1 is 1.03 bits per heavy atom. The number of azo groups is 1. The lowest BCUT2D eigenvalue weighted by Crippen LogP contribution is -2.15. The molecule has 10 nitrogen and oxygen atoms in total. The molecule has 34 heavy (non-hydrogen) atoms. The van der Waals surface area contributed by atoms with Crippen LogP contribution in [0.25, 0.3) is 0 Å². The maximum absolute atomic E-state index is 12.9. The number of aromatic nitrogens is 2. The van der Waals surface area contributed by atoms with E-state index in [2.05, 4.69) is 20.6 Å². The van der Waals surface area contributed by atoms with Crippen LogP contribution in [0.1, 0.15) is 15.9 Å². The highest BCUT2D eigenvalue weighted by atomic mass is 19.4. The molecule has 2 N–H and O–H groups in total. The SMILES string of the molecule is COc1cc(C(=O)Nc2c(N=Nc3cccc(C(F)(F)F)c3)c(=O)[nH]n2C)cc(OC)c1OC. The number of anilines is 1. The minimum atomic E-state index is -4.56. The molecule has 3 aromatic rings. The highest BCUT2D eigenvalue weighted by Crippen LogP contribution is 2.38. The molecule has 0 aliphatic carbocycles. The van der Waals surface area contributed by atoms with Crippen LogP contribution in [0.5, 0.6) is 17.2 Å². The lowest BCUT2D eigenvalue weighted by molar-refractivity contribution is -0.137. The van der Waals surface area contributed by atoms with E-state index in [0.29, 0.717) is 0 Å². The molecule has 1 amide bonds. The highest BCUT2D eigenvalue weighted by molar-refractivity contribution is 6.05. The molecular formula is C21H20F3N5O5. The van der Waals surface area contributed by atoms with Crippen LogP contribution in [0.4, 0.5) is 30.4 Å². The molecule has 0 radical (unpaired) electrons. The van der Waals surface area contributed by atoms with Gasteiger partial charge in [-0.25, -0.2) is 0 Å². The Bertz CT molecular complexity index is 1270. The average Bonchev–Trinajstić information content (AvgIpc) is 3.07. The molecule has 1 aromatic heterocycles. The molecule has 1 heterocycles. The summed E-state index contributed by atoms with van der Waals surface area (Å²) in [5.74, 6) is 0.0499. The number of rotatable bonds is 7. The van der Waals surface area contributed by atoms with E-state index in [1.807, 2.05) is 0 Å². The van der Waals surface area contributed by atoms with Gasteiger partial charge in [0.2, 0.25) is 5.75 Å². The molecule has 2 aromatic carbocycles. The van der Waals surface area contributed by atoms with E-state index < -0.39 is 23.2 Å². The number of nitrogens with zero attached hydrogens (tertiary/aromatic N) is 3. The van der Waals surface area contributed by atoms with E-state index in [9.17, 15) is 22.8 Å². The lowest BCUT2D eigenvalue weighted by Gasteiger charge is -2.14. The van der Waals surface area contributed by atoms with Gasteiger partial charge in [0.1, 0.15) is 0 Å². The zero-order valence-corrected chi connectivity index (χ0v) is 18.5. The number of hydrogen-bond donors (Lipinski definition) is 2. The van der Waals surface area contributed by atoms with Crippen molar-refractivity contribution in [2.75, 3.05) is 26.6 Å². The third kappa shape index (κ3) is 5.03. The predicted molar refractivity (Wildman–Crippen MR) is 116 cm³/mol. The van der Waals surface area contributed by atoms with Crippen LogP contribution >= 0.6 is 0 Å². The van der Waals surface area contributed by atoms with Crippen LogP contribution in [0.2, 0.25) is 0 Å². The van der Waals surface area contributed by atoms with Gasteiger partial charge in [0.25, 0.3) is 11.5 Å². The third-order valence-electron chi connectivity index (χ3n) is 4.64. The Balaban J connectivity index is 1.94. The van der Waals surface area contributed by atoms with Crippen molar-refractivity contribution in [1.82, 2.24) is 9.78 Å². The summed E-state index contributed by atoms with van der Waals surface area (Å²) in [6, 6.07) is 6.95. The van der Waals surface area contributed by atoms with Crippen molar-refractivity contribution < 1.29 is 32.2 Å². The van der Waals surface area contributed by atoms with Gasteiger partial charge in [-0.15, -0.1) is 5.11 Å². The van der Waals surface area contributed by atoms with Crippen molar-refractivity contribution >= 4 is 23.1 Å². The summed E-state index contributed by atoms with van der Waals surface area (Å²) in [7, 11) is 5.63. The first kappa shape index (κ1) is 24.4. The van der Waals surface area contributed by atoms with E-state index in [0.717, 1.165) is 12.1 Å². The average molecular weight is 479 g/mol. The van der Waals surface area contributed by atoms with Crippen molar-refractivity contribution in [3.8, 4) is 17.2 Å². The molecule has 0 bridgehead atoms. The van der Waals surface area contributed by atoms with Gasteiger partial charge in [0, 0.05) is 12.6 Å². The number of carbonyl (C=O) groups is 1. The summed E-state index contributed by atoms with van der Waals surface area (Å²) >= 11 is 0. The van der Waals surface area contributed by atoms with Gasteiger partial charge >= 0.3 is 6.18 Å². The topological polar surface area (TPSA) is 119 Å². The summed E-state index contributed by atoms with van der Waals surface area (Å²) in [6.07, 6.45) is -4.56. The Morgan fingerprint density at radius 2 is 1.68 bits per heavy atom. The second-order valence-corrected chi connectivity index (χ2v) is 6.81. The molecule has 3 rings (SSSR count). The minimum Gasteiger partial charge on any atom is -0.493 e. The number of carbonyl (C=O) groups excluding carboxylic acids is 1. The molecule has 13 heteroatoms. The molecule has 0 aliphatic rings. The molecule has 0 atom stereocenters. The number of hydrogen-bond acceptors (Lipinski definition) is 7. The van der Waals surface area contributed by atoms with Gasteiger partial charge in [0.05, 0.1) is 32.6 Å². The summed E-state index contributed by atoms with van der Waals surface area (Å²) in [5, 5.41) is 12.4. The van der Waals surface area contributed by atoms with Gasteiger partial charge in [-0.05, 0) is 30.3 Å². The number of H-pyrrole nitrogens is 1. The molecular weight excluding hydrogens is 459 g/mol. The standard InChI is InChI=1S/C21H20F3N5O5/c1-29-18(25-19(30)11-8-14(32-2)17(34-4)15(9-11)33-3)16(20(31)28-29)27-26-13-7-5-6-12(10-13)21(22,23)24/h5-10H,1-4H3,(H,25,30)(H,28,31). The fourth-order valence-electron chi connectivity index (χ4n) is 3.01. The number of halogens is 3. The Kier molecular flexibility index (Phi) is 6.94. The van der Waals surface area contributed by atoms with Gasteiger partial charge < -0.3 is 19.5 Å². The first-order valence-corrected chi connectivity index (χ1v) is 9.58. The number of aromatic amines is 1. The van der Waals surface area contributed by atoms with Gasteiger partial charge in [-0.1, -0.05) is 6.07 Å². The fourth-order valence-corrected chi connectivity index (χ4v) is 3.01. The third-order valence-corrected chi connectivity index (χ3v) is 4.64. The number of alkyl halides is 3. The van der Waals surface area contributed by atoms with Crippen molar-refractivity contribution in [3.05, 3.63) is 57.9 Å². The van der Waals surface area contributed by atoms with Gasteiger partial charge in [-0.3, -0.25) is 19.4 Å². The number of ether oxygens (including phenoxy) is 3. The largest absolute Gasteiger partial charge is 0.493 e. The van der Waals surface area contributed by atoms with E-state index in [4.69, 9.17) is 14.2 Å². The minimum absolute atomic E-state index is 0.0560. The molecule has 0 saturated heterocycles. The van der Waals surface area contributed by atoms with Crippen LogP contribution in [-0.2, 0) is 13.2 Å². The van der Waals surface area contributed by atoms with Crippen LogP contribution in [0.15, 0.2) is 51.4 Å². The molecule has 0 saturated carbocycles. The normalized spacial score (nSPS) is 11.5. The number of methoxy groups -OCH3 is 3. The maximum Gasteiger partial charge on any atom is 0.416 e. The second-order valence-electron chi connectivity index (χ2n) is 6.81. The van der Waals surface area contributed by atoms with Crippen molar-refractivity contribution in [1.29, 1.82) is 0 Å². The molecule has 0 unspecified atom stereocenters. The Hall–Kier alpha value is -4.29. The quantitative estimate of drug-likeness (QED) is 0.486. The van der Waals surface area contributed by atoms with Crippen LogP contribution in [0, 0.1) is 0 Å². The number of aryl methyl sites for hydroxylation is 1. The lowest BCUT2D eigenvalue weighted by atomic mass is 10.1. The van der Waals surface area contributed by atoms with Crippen LogP contribution in [-0.4, -0.2) is 37.0 Å². The highest BCUT2D eigenvalue weighted by Gasteiger charge is 2.30. The first-order chi connectivity index (χ1) is 16.1. The Labute approximate surface area is 190 Å². The van der Waals surface area contributed by atoms with Crippen molar-refractivity contribution in [2.24, 2.45) is 17.3 Å². The van der Waals surface area contributed by atoms with Gasteiger partial charge in [0.15, 0.2) is 23.0 Å². The Morgan fingerprint density at radius 3 is 2.24 bits per heavy atom. The van der Waals surface area contributed by atoms with E-state index in [1.54, 1.807) is 0 Å². The number of nitrogens with one attached hydrogen (secondary N) is 2. The number of amides is 1. The van der Waals surface area contributed by atoms with Crippen molar-refractivity contribution in [2.45, 2.75) is 6.18 Å². The summed E-state index contributed by atoms with van der Waals surface area (Å²) in [4.78, 5) is 25.2.